The van der Waals surface area contributed by atoms with Crippen LogP contribution < -0.4 is 0 Å². The van der Waals surface area contributed by atoms with Gasteiger partial charge in [-0.1, -0.05) is 54.6 Å². The van der Waals surface area contributed by atoms with Crippen molar-refractivity contribution in [3.8, 4) is 0 Å². The Morgan fingerprint density at radius 1 is 1.03 bits per heavy atom. The van der Waals surface area contributed by atoms with Gasteiger partial charge in [0.1, 0.15) is 0 Å². The van der Waals surface area contributed by atoms with Crippen molar-refractivity contribution < 1.29 is 19.4 Å². The molecule has 2 atom stereocenters. The Labute approximate surface area is 171 Å². The number of benzene rings is 2. The van der Waals surface area contributed by atoms with Crippen molar-refractivity contribution in [3.63, 3.8) is 0 Å². The number of nitrogens with zero attached hydrogens (tertiary/aromatic N) is 1. The molecule has 1 saturated heterocycles. The summed E-state index contributed by atoms with van der Waals surface area (Å²) in [6, 6.07) is 17.8. The summed E-state index contributed by atoms with van der Waals surface area (Å²) in [5.41, 5.74) is 3.03. The average Bonchev–Trinajstić information content (AvgIpc) is 3.33. The summed E-state index contributed by atoms with van der Waals surface area (Å²) < 4.78 is 12.0. The van der Waals surface area contributed by atoms with Crippen molar-refractivity contribution in [3.05, 3.63) is 83.1 Å². The Morgan fingerprint density at radius 2 is 1.72 bits per heavy atom. The van der Waals surface area contributed by atoms with Gasteiger partial charge in [-0.2, -0.15) is 0 Å². The highest BCUT2D eigenvalue weighted by Gasteiger charge is 2.31. The van der Waals surface area contributed by atoms with E-state index in [4.69, 9.17) is 9.47 Å². The molecule has 0 spiro atoms. The predicted octanol–water partition coefficient (Wildman–Crippen LogP) is 3.73. The van der Waals surface area contributed by atoms with Crippen LogP contribution in [0.15, 0.2) is 66.4 Å². The van der Waals surface area contributed by atoms with Gasteiger partial charge in [0.15, 0.2) is 5.76 Å². The van der Waals surface area contributed by atoms with Crippen LogP contribution in [-0.2, 0) is 27.5 Å². The molecule has 1 N–H and O–H groups in total. The normalized spacial score (nSPS) is 21.6. The molecular formula is C24H27NO4. The average molecular weight is 393 g/mol. The second-order valence-corrected chi connectivity index (χ2v) is 7.62. The Morgan fingerprint density at radius 3 is 2.41 bits per heavy atom. The van der Waals surface area contributed by atoms with E-state index in [9.17, 15) is 9.90 Å². The molecule has 2 aliphatic rings. The van der Waals surface area contributed by atoms with Gasteiger partial charge in [0.2, 0.25) is 6.29 Å². The zero-order chi connectivity index (χ0) is 20.1. The molecular weight excluding hydrogens is 366 g/mol. The quantitative estimate of drug-likeness (QED) is 0.812. The fourth-order valence-corrected chi connectivity index (χ4v) is 3.85. The third-order valence-corrected chi connectivity index (χ3v) is 5.53. The lowest BCUT2D eigenvalue weighted by molar-refractivity contribution is -0.155. The number of hydrogen-bond acceptors (Lipinski definition) is 4. The summed E-state index contributed by atoms with van der Waals surface area (Å²) in [4.78, 5) is 14.8. The van der Waals surface area contributed by atoms with Crippen molar-refractivity contribution in [2.24, 2.45) is 0 Å². The number of hydrogen-bond donors (Lipinski definition) is 1. The maximum atomic E-state index is 12.9. The number of likely N-dealkylation sites (tertiary alicyclic amines) is 1. The molecule has 4 rings (SSSR count). The largest absolute Gasteiger partial charge is 0.459 e. The molecule has 1 amide bonds. The van der Waals surface area contributed by atoms with E-state index in [0.717, 1.165) is 42.6 Å². The highest BCUT2D eigenvalue weighted by Crippen LogP contribution is 2.32. The van der Waals surface area contributed by atoms with Crippen LogP contribution in [0, 0.1) is 0 Å². The topological polar surface area (TPSA) is 59.0 Å². The van der Waals surface area contributed by atoms with Gasteiger partial charge in [0.05, 0.1) is 13.2 Å². The maximum absolute atomic E-state index is 12.9. The van der Waals surface area contributed by atoms with Crippen LogP contribution in [0.2, 0.25) is 0 Å². The minimum Gasteiger partial charge on any atom is -0.459 e. The van der Waals surface area contributed by atoms with Gasteiger partial charge in [-0.25, -0.2) is 0 Å². The van der Waals surface area contributed by atoms with Crippen LogP contribution in [0.3, 0.4) is 0 Å². The third kappa shape index (κ3) is 4.86. The number of rotatable bonds is 6. The highest BCUT2D eigenvalue weighted by molar-refractivity contribution is 5.92. The zero-order valence-electron chi connectivity index (χ0n) is 16.5. The van der Waals surface area contributed by atoms with E-state index < -0.39 is 6.29 Å². The minimum absolute atomic E-state index is 0.0262. The Balaban J connectivity index is 1.48. The van der Waals surface area contributed by atoms with E-state index in [1.54, 1.807) is 0 Å². The van der Waals surface area contributed by atoms with Gasteiger partial charge in [0.25, 0.3) is 5.91 Å². The van der Waals surface area contributed by atoms with Crippen molar-refractivity contribution in [2.45, 2.75) is 44.7 Å². The first-order chi connectivity index (χ1) is 14.2. The summed E-state index contributed by atoms with van der Waals surface area (Å²) in [6.07, 6.45) is 4.22. The number of allylic oxidation sites excluding steroid dienone is 1. The molecule has 2 heterocycles. The summed E-state index contributed by atoms with van der Waals surface area (Å²) in [5, 5.41) is 9.18. The van der Waals surface area contributed by atoms with Crippen molar-refractivity contribution in [1.82, 2.24) is 4.90 Å². The van der Waals surface area contributed by atoms with Crippen molar-refractivity contribution in [1.29, 1.82) is 0 Å². The summed E-state index contributed by atoms with van der Waals surface area (Å²) >= 11 is 0. The monoisotopic (exact) mass is 393 g/mol. The van der Waals surface area contributed by atoms with Gasteiger partial charge in [0, 0.05) is 25.4 Å². The number of amides is 1. The van der Waals surface area contributed by atoms with Crippen LogP contribution in [0.4, 0.5) is 0 Å². The lowest BCUT2D eigenvalue weighted by Crippen LogP contribution is -2.34. The van der Waals surface area contributed by atoms with Crippen LogP contribution in [0.25, 0.3) is 0 Å². The number of carbonyl (C=O) groups excluding carboxylic acids is 1. The van der Waals surface area contributed by atoms with Gasteiger partial charge in [-0.15, -0.1) is 0 Å². The lowest BCUT2D eigenvalue weighted by atomic mass is 9.93. The Hall–Kier alpha value is -2.63. The fourth-order valence-electron chi connectivity index (χ4n) is 3.85. The fraction of sp³-hybridized carbons (Fsp3) is 0.375. The van der Waals surface area contributed by atoms with Gasteiger partial charge < -0.3 is 19.5 Å². The first kappa shape index (κ1) is 19.7. The third-order valence-electron chi connectivity index (χ3n) is 5.53. The first-order valence-electron chi connectivity index (χ1n) is 10.3. The van der Waals surface area contributed by atoms with E-state index >= 15 is 0 Å². The lowest BCUT2D eigenvalue weighted by Gasteiger charge is -2.30. The summed E-state index contributed by atoms with van der Waals surface area (Å²) in [6.45, 7) is 2.00. The molecule has 152 valence electrons. The van der Waals surface area contributed by atoms with Crippen molar-refractivity contribution >= 4 is 5.91 Å². The number of aliphatic hydroxyl groups is 1. The van der Waals surface area contributed by atoms with E-state index in [1.807, 2.05) is 53.4 Å². The maximum Gasteiger partial charge on any atom is 0.288 e. The second-order valence-electron chi connectivity index (χ2n) is 7.62. The molecule has 2 aromatic carbocycles. The van der Waals surface area contributed by atoms with Crippen LogP contribution in [0.5, 0.6) is 0 Å². The zero-order valence-corrected chi connectivity index (χ0v) is 16.5. The Bertz CT molecular complexity index is 841. The van der Waals surface area contributed by atoms with E-state index in [2.05, 4.69) is 12.1 Å². The van der Waals surface area contributed by atoms with Crippen LogP contribution in [0.1, 0.15) is 41.9 Å². The number of carbonyl (C=O) groups is 1. The number of ether oxygens (including phenoxy) is 2. The van der Waals surface area contributed by atoms with E-state index in [1.165, 1.54) is 0 Å². The summed E-state index contributed by atoms with van der Waals surface area (Å²) in [7, 11) is 0. The molecule has 0 saturated carbocycles. The first-order valence-corrected chi connectivity index (χ1v) is 10.3. The van der Waals surface area contributed by atoms with Crippen LogP contribution >= 0.6 is 0 Å². The minimum atomic E-state index is -0.482. The molecule has 0 bridgehead atoms. The molecule has 2 aromatic rings. The van der Waals surface area contributed by atoms with E-state index in [0.29, 0.717) is 18.8 Å². The molecule has 1 fully saturated rings. The summed E-state index contributed by atoms with van der Waals surface area (Å²) in [5.74, 6) is 0.435. The van der Waals surface area contributed by atoms with Gasteiger partial charge in [-0.3, -0.25) is 4.79 Å². The molecule has 29 heavy (non-hydrogen) atoms. The van der Waals surface area contributed by atoms with Gasteiger partial charge >= 0.3 is 0 Å². The molecule has 0 radical (unpaired) electrons. The highest BCUT2D eigenvalue weighted by atomic mass is 16.7. The Kier molecular flexibility index (Phi) is 6.27. The van der Waals surface area contributed by atoms with Crippen molar-refractivity contribution in [2.75, 3.05) is 13.1 Å². The molecule has 0 aromatic heterocycles. The molecule has 2 aliphatic heterocycles. The van der Waals surface area contributed by atoms with Crippen LogP contribution in [-0.4, -0.2) is 35.3 Å². The molecule has 5 nitrogen and oxygen atoms in total. The van der Waals surface area contributed by atoms with E-state index in [-0.39, 0.29) is 18.4 Å². The molecule has 0 unspecified atom stereocenters. The molecule has 5 heteroatoms. The standard InChI is InChI=1S/C24H27NO4/c26-16-18-8-10-19(11-9-18)17-28-23-15-21(20-6-2-1-3-7-20)14-22(29-23)24(27)25-12-4-5-13-25/h1-3,6-11,14,21,23,26H,4-5,12-13,15-17H2/t21-,23+/m1/s1. The predicted molar refractivity (Wildman–Crippen MR) is 110 cm³/mol. The smallest absolute Gasteiger partial charge is 0.288 e. The van der Waals surface area contributed by atoms with Gasteiger partial charge in [-0.05, 0) is 35.6 Å². The SMILES string of the molecule is O=C(C1=C[C@@H](c2ccccc2)C[C@@H](OCc2ccc(CO)cc2)O1)N1CCCC1. The number of aliphatic hydroxyl groups excluding tert-OH is 1. The molecule has 0 aliphatic carbocycles. The second kappa shape index (κ2) is 9.25.